The molecule has 0 aliphatic rings. The Morgan fingerprint density at radius 2 is 2.11 bits per heavy atom. The Labute approximate surface area is 109 Å². The molecule has 4 nitrogen and oxygen atoms in total. The van der Waals surface area contributed by atoms with Gasteiger partial charge in [0.15, 0.2) is 5.65 Å². The molecule has 0 atom stereocenters. The maximum atomic E-state index is 6.28. The predicted octanol–water partition coefficient (Wildman–Crippen LogP) is 3.06. The zero-order valence-electron chi connectivity index (χ0n) is 10.1. The number of pyridine rings is 1. The molecule has 0 aliphatic carbocycles. The highest BCUT2D eigenvalue weighted by molar-refractivity contribution is 6.30. The van der Waals surface area contributed by atoms with Crippen LogP contribution in [0, 0.1) is 13.8 Å². The topological polar surface area (TPSA) is 43.1 Å². The average Bonchev–Trinajstić information content (AvgIpc) is 2.81. The van der Waals surface area contributed by atoms with E-state index in [1.165, 1.54) is 0 Å². The van der Waals surface area contributed by atoms with Crippen LogP contribution < -0.4 is 0 Å². The quantitative estimate of drug-likeness (QED) is 0.630. The van der Waals surface area contributed by atoms with Gasteiger partial charge in [0.2, 0.25) is 0 Å². The molecule has 3 rings (SSSR count). The third-order valence-electron chi connectivity index (χ3n) is 2.97. The molecule has 0 amide bonds. The number of aryl methyl sites for hydroxylation is 1. The maximum absolute atomic E-state index is 6.28. The van der Waals surface area contributed by atoms with Crippen molar-refractivity contribution in [2.45, 2.75) is 13.8 Å². The van der Waals surface area contributed by atoms with Crippen LogP contribution in [0.15, 0.2) is 30.6 Å². The zero-order chi connectivity index (χ0) is 12.7. The molecule has 0 bridgehead atoms. The standard InChI is InChI=1S/C13H11ClN4/c1-8-9(2)16-12-6-11(17-18(12)13(8)14)10-4-3-5-15-7-10/h3-7H,1-2H3. The minimum atomic E-state index is 0.604. The summed E-state index contributed by atoms with van der Waals surface area (Å²) in [5.41, 5.74) is 4.40. The van der Waals surface area contributed by atoms with Crippen LogP contribution in [0.2, 0.25) is 5.15 Å². The molecule has 0 spiro atoms. The van der Waals surface area contributed by atoms with Gasteiger partial charge >= 0.3 is 0 Å². The third kappa shape index (κ3) is 1.66. The second kappa shape index (κ2) is 4.07. The van der Waals surface area contributed by atoms with Crippen molar-refractivity contribution in [1.29, 1.82) is 0 Å². The summed E-state index contributed by atoms with van der Waals surface area (Å²) in [5, 5.41) is 5.07. The minimum Gasteiger partial charge on any atom is -0.264 e. The van der Waals surface area contributed by atoms with Crippen LogP contribution in [-0.2, 0) is 0 Å². The fraction of sp³-hybridized carbons (Fsp3) is 0.154. The monoisotopic (exact) mass is 258 g/mol. The highest BCUT2D eigenvalue weighted by atomic mass is 35.5. The average molecular weight is 259 g/mol. The van der Waals surface area contributed by atoms with Crippen LogP contribution >= 0.6 is 11.6 Å². The van der Waals surface area contributed by atoms with Gasteiger partial charge in [-0.05, 0) is 26.0 Å². The largest absolute Gasteiger partial charge is 0.264 e. The fourth-order valence-corrected chi connectivity index (χ4v) is 2.08. The fourth-order valence-electron chi connectivity index (χ4n) is 1.81. The van der Waals surface area contributed by atoms with Crippen LogP contribution in [0.4, 0.5) is 0 Å². The van der Waals surface area contributed by atoms with Crippen molar-refractivity contribution in [1.82, 2.24) is 19.6 Å². The molecule has 0 saturated carbocycles. The van der Waals surface area contributed by atoms with Gasteiger partial charge in [0, 0.05) is 35.3 Å². The second-order valence-electron chi connectivity index (χ2n) is 4.15. The molecule has 0 N–H and O–H groups in total. The molecule has 0 aromatic carbocycles. The number of rotatable bonds is 1. The first-order valence-corrected chi connectivity index (χ1v) is 5.97. The first kappa shape index (κ1) is 11.2. The Kier molecular flexibility index (Phi) is 2.52. The maximum Gasteiger partial charge on any atom is 0.157 e. The normalized spacial score (nSPS) is 11.1. The van der Waals surface area contributed by atoms with Gasteiger partial charge in [0.05, 0.1) is 5.69 Å². The van der Waals surface area contributed by atoms with E-state index in [0.29, 0.717) is 5.15 Å². The van der Waals surface area contributed by atoms with Crippen molar-refractivity contribution in [3.8, 4) is 11.3 Å². The van der Waals surface area contributed by atoms with Gasteiger partial charge in [-0.2, -0.15) is 5.10 Å². The molecule has 3 heterocycles. The number of hydrogen-bond acceptors (Lipinski definition) is 3. The summed E-state index contributed by atoms with van der Waals surface area (Å²) in [4.78, 5) is 8.56. The molecule has 0 saturated heterocycles. The van der Waals surface area contributed by atoms with E-state index < -0.39 is 0 Å². The van der Waals surface area contributed by atoms with E-state index in [1.807, 2.05) is 32.0 Å². The van der Waals surface area contributed by atoms with Gasteiger partial charge in [0.1, 0.15) is 5.15 Å². The smallest absolute Gasteiger partial charge is 0.157 e. The lowest BCUT2D eigenvalue weighted by Gasteiger charge is -2.03. The summed E-state index contributed by atoms with van der Waals surface area (Å²) in [6.45, 7) is 3.88. The molecule has 3 aromatic rings. The Hall–Kier alpha value is -1.94. The second-order valence-corrected chi connectivity index (χ2v) is 4.51. The Morgan fingerprint density at radius 1 is 1.28 bits per heavy atom. The minimum absolute atomic E-state index is 0.604. The summed E-state index contributed by atoms with van der Waals surface area (Å²) in [6, 6.07) is 5.75. The van der Waals surface area contributed by atoms with Crippen LogP contribution in [0.5, 0.6) is 0 Å². The zero-order valence-corrected chi connectivity index (χ0v) is 10.8. The van der Waals surface area contributed by atoms with Gasteiger partial charge in [-0.3, -0.25) is 4.98 Å². The number of fused-ring (bicyclic) bond motifs is 1. The van der Waals surface area contributed by atoms with Gasteiger partial charge < -0.3 is 0 Å². The lowest BCUT2D eigenvalue weighted by atomic mass is 10.2. The SMILES string of the molecule is Cc1nc2cc(-c3cccnc3)nn2c(Cl)c1C. The van der Waals surface area contributed by atoms with E-state index in [0.717, 1.165) is 28.2 Å². The summed E-state index contributed by atoms with van der Waals surface area (Å²) in [5.74, 6) is 0. The molecular weight excluding hydrogens is 248 g/mol. The van der Waals surface area contributed by atoms with Gasteiger partial charge in [-0.15, -0.1) is 0 Å². The van der Waals surface area contributed by atoms with Crippen LogP contribution in [0.25, 0.3) is 16.9 Å². The first-order valence-electron chi connectivity index (χ1n) is 5.59. The third-order valence-corrected chi connectivity index (χ3v) is 3.41. The molecule has 18 heavy (non-hydrogen) atoms. The molecule has 5 heteroatoms. The number of halogens is 1. The Balaban J connectivity index is 2.27. The molecule has 0 aliphatic heterocycles. The van der Waals surface area contributed by atoms with Crippen molar-refractivity contribution in [3.05, 3.63) is 47.0 Å². The number of hydrogen-bond donors (Lipinski definition) is 0. The van der Waals surface area contributed by atoms with Gasteiger partial charge in [0.25, 0.3) is 0 Å². The highest BCUT2D eigenvalue weighted by Crippen LogP contribution is 2.23. The Bertz CT molecular complexity index is 719. The summed E-state index contributed by atoms with van der Waals surface area (Å²) >= 11 is 6.28. The summed E-state index contributed by atoms with van der Waals surface area (Å²) in [6.07, 6.45) is 3.51. The van der Waals surface area contributed by atoms with E-state index >= 15 is 0 Å². The van der Waals surface area contributed by atoms with E-state index in [1.54, 1.807) is 16.9 Å². The summed E-state index contributed by atoms with van der Waals surface area (Å²) in [7, 11) is 0. The lowest BCUT2D eigenvalue weighted by Crippen LogP contribution is -1.98. The molecule has 3 aromatic heterocycles. The number of nitrogens with zero attached hydrogens (tertiary/aromatic N) is 4. The number of aromatic nitrogens is 4. The van der Waals surface area contributed by atoms with E-state index in [-0.39, 0.29) is 0 Å². The first-order chi connectivity index (χ1) is 8.66. The van der Waals surface area contributed by atoms with Crippen molar-refractivity contribution >= 4 is 17.2 Å². The van der Waals surface area contributed by atoms with E-state index in [9.17, 15) is 0 Å². The van der Waals surface area contributed by atoms with E-state index in [4.69, 9.17) is 11.6 Å². The van der Waals surface area contributed by atoms with E-state index in [2.05, 4.69) is 15.1 Å². The van der Waals surface area contributed by atoms with Crippen molar-refractivity contribution in [3.63, 3.8) is 0 Å². The van der Waals surface area contributed by atoms with Crippen LogP contribution in [0.1, 0.15) is 11.3 Å². The van der Waals surface area contributed by atoms with Gasteiger partial charge in [-0.1, -0.05) is 11.6 Å². The van der Waals surface area contributed by atoms with Crippen LogP contribution in [-0.4, -0.2) is 19.6 Å². The molecule has 0 unspecified atom stereocenters. The van der Waals surface area contributed by atoms with Crippen molar-refractivity contribution < 1.29 is 0 Å². The van der Waals surface area contributed by atoms with Crippen LogP contribution in [0.3, 0.4) is 0 Å². The summed E-state index contributed by atoms with van der Waals surface area (Å²) < 4.78 is 1.66. The molecule has 90 valence electrons. The van der Waals surface area contributed by atoms with Gasteiger partial charge in [-0.25, -0.2) is 9.50 Å². The van der Waals surface area contributed by atoms with Crippen molar-refractivity contribution in [2.24, 2.45) is 0 Å². The predicted molar refractivity (Wildman–Crippen MR) is 70.7 cm³/mol. The molecule has 0 fully saturated rings. The lowest BCUT2D eigenvalue weighted by molar-refractivity contribution is 0.919. The van der Waals surface area contributed by atoms with Crippen molar-refractivity contribution in [2.75, 3.05) is 0 Å². The Morgan fingerprint density at radius 3 is 2.83 bits per heavy atom. The molecule has 0 radical (unpaired) electrons. The molecular formula is C13H11ClN4. The highest BCUT2D eigenvalue weighted by Gasteiger charge is 2.11.